The molecule has 0 bridgehead atoms. The van der Waals surface area contributed by atoms with Crippen LogP contribution in [0.25, 0.3) is 33.6 Å². The Labute approximate surface area is 369 Å². The molecule has 320 valence electrons. The fraction of sp³-hybridized carbons (Fsp3) is 0.250. The van der Waals surface area contributed by atoms with Crippen molar-refractivity contribution in [2.45, 2.75) is 71.3 Å². The second-order valence-electron chi connectivity index (χ2n) is 17.6. The number of urea groups is 1. The normalized spacial score (nSPS) is 14.6. The van der Waals surface area contributed by atoms with Crippen molar-refractivity contribution in [3.8, 4) is 34.1 Å². The number of ether oxygens (including phenoxy) is 2. The second kappa shape index (κ2) is 17.2. The lowest BCUT2D eigenvalue weighted by atomic mass is 9.94. The molecule has 2 aromatic heterocycles. The maximum absolute atomic E-state index is 14.3. The predicted octanol–water partition coefficient (Wildman–Crippen LogP) is 9.76. The summed E-state index contributed by atoms with van der Waals surface area (Å²) in [5.74, 6) is 1.72. The third-order valence-electron chi connectivity index (χ3n) is 12.0. The largest absolute Gasteiger partial charge is 0.456 e. The van der Waals surface area contributed by atoms with Gasteiger partial charge in [0.15, 0.2) is 11.5 Å². The van der Waals surface area contributed by atoms with E-state index in [2.05, 4.69) is 86.0 Å². The summed E-state index contributed by atoms with van der Waals surface area (Å²) in [6.45, 7) is 11.8. The van der Waals surface area contributed by atoms with Crippen LogP contribution in [-0.4, -0.2) is 49.6 Å². The molecule has 0 unspecified atom stereocenters. The van der Waals surface area contributed by atoms with Gasteiger partial charge in [-0.2, -0.15) is 0 Å². The van der Waals surface area contributed by atoms with E-state index < -0.39 is 14.4 Å². The zero-order chi connectivity index (χ0) is 43.7. The van der Waals surface area contributed by atoms with E-state index in [1.165, 1.54) is 10.4 Å². The molecule has 0 saturated carbocycles. The molecule has 3 amide bonds. The number of aromatic nitrogens is 1. The van der Waals surface area contributed by atoms with E-state index in [4.69, 9.17) is 23.3 Å². The average Bonchev–Trinajstić information content (AvgIpc) is 4.04. The molecule has 10 nitrogen and oxygen atoms in total. The van der Waals surface area contributed by atoms with Crippen molar-refractivity contribution in [1.29, 1.82) is 0 Å². The molecule has 5 aromatic carbocycles. The van der Waals surface area contributed by atoms with Crippen LogP contribution in [0.15, 0.2) is 144 Å². The second-order valence-corrected chi connectivity index (χ2v) is 21.9. The minimum atomic E-state index is -2.90. The quantitative estimate of drug-likeness (QED) is 0.118. The van der Waals surface area contributed by atoms with Crippen molar-refractivity contribution >= 4 is 41.6 Å². The van der Waals surface area contributed by atoms with Gasteiger partial charge < -0.3 is 33.9 Å². The summed E-state index contributed by atoms with van der Waals surface area (Å²) in [6.07, 6.45) is 0.497. The van der Waals surface area contributed by atoms with E-state index in [-0.39, 0.29) is 42.1 Å². The standard InChI is InChI=1S/C52H52N4O6Si/c1-34(2)54-51(58)56-32-39-29-42(50(57)53-31-35-23-24-45-47(27-35)60-33-59-45)55-49(38-17-14-16-36(28-38)46-30-37-15-12-13-22-44(37)62-46)48(39)43(56)25-26-61-63(52(3,4)5,40-18-8-6-9-19-40)41-20-10-7-11-21-41/h6-24,27-30,34,43H,25-26,31-33H2,1-5H3,(H,53,57)(H,54,58)/t43-/m1/s1. The van der Waals surface area contributed by atoms with Gasteiger partial charge in [0, 0.05) is 47.8 Å². The summed E-state index contributed by atoms with van der Waals surface area (Å²) in [5.41, 5.74) is 5.98. The van der Waals surface area contributed by atoms with E-state index in [1.807, 2.05) is 104 Å². The van der Waals surface area contributed by atoms with Gasteiger partial charge in [-0.05, 0) is 83.2 Å². The zero-order valence-corrected chi connectivity index (χ0v) is 37.3. The Morgan fingerprint density at radius 2 is 1.51 bits per heavy atom. The molecular weight excluding hydrogens is 805 g/mol. The first kappa shape index (κ1) is 41.6. The highest BCUT2D eigenvalue weighted by molar-refractivity contribution is 6.99. The molecule has 63 heavy (non-hydrogen) atoms. The Balaban J connectivity index is 1.12. The molecule has 0 saturated heterocycles. The lowest BCUT2D eigenvalue weighted by Gasteiger charge is -2.43. The number of furan rings is 1. The van der Waals surface area contributed by atoms with Gasteiger partial charge in [-0.15, -0.1) is 0 Å². The van der Waals surface area contributed by atoms with Crippen LogP contribution in [0.3, 0.4) is 0 Å². The van der Waals surface area contributed by atoms with Crippen LogP contribution in [-0.2, 0) is 17.5 Å². The average molecular weight is 857 g/mol. The molecule has 0 spiro atoms. The fourth-order valence-corrected chi connectivity index (χ4v) is 13.7. The summed E-state index contributed by atoms with van der Waals surface area (Å²) in [6, 6.07) is 46.0. The third-order valence-corrected chi connectivity index (χ3v) is 17.0. The highest BCUT2D eigenvalue weighted by Crippen LogP contribution is 2.44. The topological polar surface area (TPSA) is 115 Å². The number of pyridine rings is 1. The number of nitrogens with one attached hydrogen (secondary N) is 2. The molecule has 2 aliphatic rings. The van der Waals surface area contributed by atoms with Crippen molar-refractivity contribution in [2.75, 3.05) is 13.4 Å². The molecular formula is C52H52N4O6Si. The van der Waals surface area contributed by atoms with Gasteiger partial charge in [0.05, 0.1) is 11.7 Å². The zero-order valence-electron chi connectivity index (χ0n) is 36.3. The van der Waals surface area contributed by atoms with Crippen LogP contribution in [0.1, 0.15) is 74.3 Å². The molecule has 2 aliphatic heterocycles. The van der Waals surface area contributed by atoms with Crippen LogP contribution in [0.2, 0.25) is 5.04 Å². The van der Waals surface area contributed by atoms with E-state index in [1.54, 1.807) is 0 Å². The minimum absolute atomic E-state index is 0.0918. The van der Waals surface area contributed by atoms with E-state index in [9.17, 15) is 9.59 Å². The Morgan fingerprint density at radius 1 is 0.810 bits per heavy atom. The maximum Gasteiger partial charge on any atom is 0.318 e. The van der Waals surface area contributed by atoms with Crippen molar-refractivity contribution in [1.82, 2.24) is 20.5 Å². The monoisotopic (exact) mass is 856 g/mol. The molecule has 1 atom stereocenters. The summed E-state index contributed by atoms with van der Waals surface area (Å²) in [4.78, 5) is 35.5. The number of para-hydroxylation sites is 1. The lowest BCUT2D eigenvalue weighted by Crippen LogP contribution is -2.66. The van der Waals surface area contributed by atoms with E-state index >= 15 is 0 Å². The SMILES string of the molecule is CC(C)NC(=O)N1Cc2cc(C(=O)NCc3ccc4c(c3)OCO4)nc(-c3cccc(-c4cc5ccccc5o4)c3)c2[C@H]1CCO[Si](c1ccccc1)(c1ccccc1)C(C)(C)C. The number of hydrogen-bond donors (Lipinski definition) is 2. The molecule has 0 aliphatic carbocycles. The molecule has 2 N–H and O–H groups in total. The van der Waals surface area contributed by atoms with Gasteiger partial charge in [0.2, 0.25) is 6.79 Å². The Bertz CT molecular complexity index is 2710. The lowest BCUT2D eigenvalue weighted by molar-refractivity contribution is 0.0945. The third kappa shape index (κ3) is 8.22. The fourth-order valence-electron chi connectivity index (χ4n) is 9.09. The minimum Gasteiger partial charge on any atom is -0.456 e. The first-order valence-electron chi connectivity index (χ1n) is 21.6. The first-order chi connectivity index (χ1) is 30.5. The first-order valence-corrected chi connectivity index (χ1v) is 23.5. The maximum atomic E-state index is 14.3. The molecule has 7 aromatic rings. The van der Waals surface area contributed by atoms with Crippen LogP contribution in [0, 0.1) is 0 Å². The van der Waals surface area contributed by atoms with Crippen molar-refractivity contribution < 1.29 is 27.9 Å². The molecule has 11 heteroatoms. The predicted molar refractivity (Wildman–Crippen MR) is 249 cm³/mol. The Hall–Kier alpha value is -6.69. The molecule has 0 fully saturated rings. The summed E-state index contributed by atoms with van der Waals surface area (Å²) in [5, 5.41) is 9.37. The summed E-state index contributed by atoms with van der Waals surface area (Å²) in [7, 11) is -2.90. The Morgan fingerprint density at radius 3 is 2.22 bits per heavy atom. The van der Waals surface area contributed by atoms with Crippen LogP contribution >= 0.6 is 0 Å². The number of rotatable bonds is 12. The number of amides is 3. The van der Waals surface area contributed by atoms with Crippen LogP contribution in [0.4, 0.5) is 4.79 Å². The number of nitrogens with zero attached hydrogens (tertiary/aromatic N) is 2. The van der Waals surface area contributed by atoms with Gasteiger partial charge in [0.1, 0.15) is 17.0 Å². The van der Waals surface area contributed by atoms with Crippen molar-refractivity contribution in [3.63, 3.8) is 0 Å². The summed E-state index contributed by atoms with van der Waals surface area (Å²) >= 11 is 0. The highest BCUT2D eigenvalue weighted by Gasteiger charge is 2.50. The molecule has 9 rings (SSSR count). The number of fused-ring (bicyclic) bond motifs is 3. The van der Waals surface area contributed by atoms with Gasteiger partial charge in [-0.1, -0.05) is 124 Å². The van der Waals surface area contributed by atoms with Crippen LogP contribution in [0.5, 0.6) is 11.5 Å². The van der Waals surface area contributed by atoms with E-state index in [0.717, 1.165) is 44.5 Å². The molecule has 0 radical (unpaired) electrons. The van der Waals surface area contributed by atoms with Gasteiger partial charge >= 0.3 is 6.03 Å². The van der Waals surface area contributed by atoms with Gasteiger partial charge in [0.25, 0.3) is 14.2 Å². The number of carbonyl (C=O) groups excluding carboxylic acids is 2. The molecule has 4 heterocycles. The van der Waals surface area contributed by atoms with Gasteiger partial charge in [-0.3, -0.25) is 4.79 Å². The number of hydrogen-bond acceptors (Lipinski definition) is 7. The van der Waals surface area contributed by atoms with Crippen molar-refractivity contribution in [2.24, 2.45) is 0 Å². The smallest absolute Gasteiger partial charge is 0.318 e. The number of carbonyl (C=O) groups is 2. The van der Waals surface area contributed by atoms with Crippen LogP contribution < -0.4 is 30.5 Å². The highest BCUT2D eigenvalue weighted by atomic mass is 28.4. The number of benzene rings is 5. The van der Waals surface area contributed by atoms with Crippen molar-refractivity contribution in [3.05, 3.63) is 162 Å². The Kier molecular flexibility index (Phi) is 11.4. The van der Waals surface area contributed by atoms with Gasteiger partial charge in [-0.25, -0.2) is 9.78 Å². The van der Waals surface area contributed by atoms with E-state index in [0.29, 0.717) is 36.8 Å². The summed E-state index contributed by atoms with van der Waals surface area (Å²) < 4.78 is 24.8.